The molecule has 2 amide bonds. The first kappa shape index (κ1) is 53.5. The Hall–Kier alpha value is -6.33. The van der Waals surface area contributed by atoms with Gasteiger partial charge in [0.1, 0.15) is 24.4 Å². The van der Waals surface area contributed by atoms with E-state index in [4.69, 9.17) is 52.8 Å². The van der Waals surface area contributed by atoms with Crippen LogP contribution in [0.4, 0.5) is 17.8 Å². The number of terminal acetylenes is 1. The molecular formula is C48H72N18O6. The first-order chi connectivity index (χ1) is 35.1. The van der Waals surface area contributed by atoms with Crippen LogP contribution in [0.15, 0.2) is 42.7 Å². The quantitative estimate of drug-likeness (QED) is 0.0299. The molecule has 6 heterocycles. The van der Waals surface area contributed by atoms with Crippen LogP contribution >= 0.6 is 0 Å². The van der Waals surface area contributed by atoms with E-state index in [0.717, 1.165) is 35.9 Å². The second kappa shape index (κ2) is 26.9. The number of nitrogens with one attached hydrogen (secondary N) is 2. The average Bonchev–Trinajstić information content (AvgIpc) is 4.21. The standard InChI is InChI=1S/C48H72N18O6/c1-4-23-70-25-27-72-28-26-71-24-14-52-46-54-47(63-19-15-61(16-20-63)44(68)41(12-8-9-13-49)65-31-39(57-59-65)37(50)33-67)56-48(55-46)64-21-17-62(18-22-64)45(69)42(30-36-29-35-10-6-7-11-38(35)53-36)66-32-40(58-60-66)43(51)34(3)5-2/h1,6-7,10-11,29,31-32,34,37,41-43,53,67H,5,8-9,12-28,30,33,49-51H2,2-3H3,(H,52,54,55,56)/t34?,37-,41-,42+,43-/m0/s1. The maximum atomic E-state index is 14.7. The van der Waals surface area contributed by atoms with Crippen LogP contribution in [0.5, 0.6) is 0 Å². The van der Waals surface area contributed by atoms with Gasteiger partial charge in [0.25, 0.3) is 0 Å². The summed E-state index contributed by atoms with van der Waals surface area (Å²) in [7, 11) is 0. The van der Waals surface area contributed by atoms with E-state index in [1.54, 1.807) is 15.6 Å². The molecule has 4 aromatic heterocycles. The van der Waals surface area contributed by atoms with Crippen LogP contribution in [-0.4, -0.2) is 188 Å². The van der Waals surface area contributed by atoms with Crippen molar-refractivity contribution in [2.24, 2.45) is 23.1 Å². The summed E-state index contributed by atoms with van der Waals surface area (Å²) in [6.45, 7) is 10.6. The Morgan fingerprint density at radius 3 is 2.04 bits per heavy atom. The number of ether oxygens (including phenoxy) is 3. The molecule has 0 spiro atoms. The lowest BCUT2D eigenvalue weighted by molar-refractivity contribution is -0.136. The second-order valence-corrected chi connectivity index (χ2v) is 18.1. The highest BCUT2D eigenvalue weighted by molar-refractivity contribution is 5.83. The van der Waals surface area contributed by atoms with Crippen LogP contribution in [0.1, 0.15) is 80.8 Å². The van der Waals surface area contributed by atoms with Gasteiger partial charge >= 0.3 is 0 Å². The van der Waals surface area contributed by atoms with Gasteiger partial charge in [-0.3, -0.25) is 9.59 Å². The van der Waals surface area contributed by atoms with Crippen molar-refractivity contribution in [1.29, 1.82) is 0 Å². The number of carbonyl (C=O) groups excluding carboxylic acids is 2. The summed E-state index contributed by atoms with van der Waals surface area (Å²) in [5.41, 5.74) is 21.4. The number of aromatic nitrogens is 10. The van der Waals surface area contributed by atoms with Crippen LogP contribution < -0.4 is 32.3 Å². The molecule has 0 aliphatic carbocycles. The highest BCUT2D eigenvalue weighted by atomic mass is 16.5. The maximum absolute atomic E-state index is 14.7. The fraction of sp³-hybridized carbons (Fsp3) is 0.604. The number of nitrogens with zero attached hydrogens (tertiary/aromatic N) is 13. The smallest absolute Gasteiger partial charge is 0.248 e. The van der Waals surface area contributed by atoms with Crippen molar-refractivity contribution in [3.8, 4) is 12.3 Å². The van der Waals surface area contributed by atoms with Crippen molar-refractivity contribution in [1.82, 2.24) is 59.7 Å². The monoisotopic (exact) mass is 997 g/mol. The van der Waals surface area contributed by atoms with Crippen molar-refractivity contribution >= 4 is 40.6 Å². The maximum Gasteiger partial charge on any atom is 0.248 e. The zero-order valence-corrected chi connectivity index (χ0v) is 41.6. The van der Waals surface area contributed by atoms with Crippen LogP contribution in [0, 0.1) is 18.3 Å². The molecule has 1 aromatic carbocycles. The number of H-pyrrole nitrogens is 1. The van der Waals surface area contributed by atoms with Gasteiger partial charge in [0, 0.05) is 76.5 Å². The molecule has 0 bridgehead atoms. The normalized spacial score (nSPS) is 16.4. The number of carbonyl (C=O) groups is 2. The van der Waals surface area contributed by atoms with E-state index in [2.05, 4.69) is 61.7 Å². The van der Waals surface area contributed by atoms with Crippen molar-refractivity contribution in [2.45, 2.75) is 70.1 Å². The molecule has 390 valence electrons. The highest BCUT2D eigenvalue weighted by Crippen LogP contribution is 2.27. The molecule has 2 saturated heterocycles. The van der Waals surface area contributed by atoms with E-state index in [-0.39, 0.29) is 37.0 Å². The van der Waals surface area contributed by atoms with E-state index >= 15 is 0 Å². The summed E-state index contributed by atoms with van der Waals surface area (Å²) in [6, 6.07) is 7.84. The first-order valence-electron chi connectivity index (χ1n) is 25.1. The predicted octanol–water partition coefficient (Wildman–Crippen LogP) is 0.820. The number of benzene rings is 1. The molecule has 0 radical (unpaired) electrons. The fourth-order valence-electron chi connectivity index (χ4n) is 8.64. The SMILES string of the molecule is C#CCOCCOCCOCCNc1nc(N2CCN(C(=O)[C@@H](Cc3cc4ccccc4[nH]3)n3cc([C@@H](N)C(C)CC)nn3)CC2)nc(N2CCN(C(=O)[C@H](CCCCN)n3cc([C@@H](N)CO)nn3)CC2)n1. The van der Waals surface area contributed by atoms with E-state index in [1.165, 1.54) is 0 Å². The molecule has 1 unspecified atom stereocenters. The molecule has 72 heavy (non-hydrogen) atoms. The number of rotatable bonds is 28. The van der Waals surface area contributed by atoms with E-state index < -0.39 is 18.1 Å². The third-order valence-corrected chi connectivity index (χ3v) is 13.2. The van der Waals surface area contributed by atoms with E-state index in [9.17, 15) is 14.7 Å². The summed E-state index contributed by atoms with van der Waals surface area (Å²) < 4.78 is 19.8. The third kappa shape index (κ3) is 14.2. The number of unbranched alkanes of at least 4 members (excludes halogenated alkanes) is 1. The number of hydrogen-bond donors (Lipinski definition) is 6. The molecule has 7 rings (SSSR count). The minimum Gasteiger partial charge on any atom is -0.394 e. The van der Waals surface area contributed by atoms with Crippen molar-refractivity contribution in [2.75, 3.05) is 127 Å². The zero-order valence-electron chi connectivity index (χ0n) is 41.6. The number of aromatic amines is 1. The number of hydrogen-bond acceptors (Lipinski definition) is 19. The summed E-state index contributed by atoms with van der Waals surface area (Å²) in [5.74, 6) is 3.76. The molecule has 24 heteroatoms. The predicted molar refractivity (Wildman–Crippen MR) is 271 cm³/mol. The molecule has 5 aromatic rings. The number of anilines is 3. The number of amides is 2. The minimum absolute atomic E-state index is 0.0739. The number of aliphatic hydroxyl groups excluding tert-OH is 1. The molecule has 9 N–H and O–H groups in total. The number of aliphatic hydroxyl groups is 1. The third-order valence-electron chi connectivity index (χ3n) is 13.2. The van der Waals surface area contributed by atoms with Crippen LogP contribution in [0.3, 0.4) is 0 Å². The molecule has 2 fully saturated rings. The van der Waals surface area contributed by atoms with Gasteiger partial charge < -0.3 is 66.4 Å². The lowest BCUT2D eigenvalue weighted by Gasteiger charge is -2.38. The Morgan fingerprint density at radius 2 is 1.42 bits per heavy atom. The van der Waals surface area contributed by atoms with Crippen LogP contribution in [0.2, 0.25) is 0 Å². The number of piperazine rings is 2. The number of para-hydroxylation sites is 1. The lowest BCUT2D eigenvalue weighted by Crippen LogP contribution is -2.52. The molecule has 24 nitrogen and oxygen atoms in total. The number of fused-ring (bicyclic) bond motifs is 1. The van der Waals surface area contributed by atoms with Crippen molar-refractivity contribution in [3.63, 3.8) is 0 Å². The Labute approximate surface area is 420 Å². The zero-order chi connectivity index (χ0) is 50.8. The van der Waals surface area contributed by atoms with Gasteiger partial charge in [0.15, 0.2) is 0 Å². The average molecular weight is 997 g/mol. The van der Waals surface area contributed by atoms with Gasteiger partial charge in [0.05, 0.1) is 69.8 Å². The largest absolute Gasteiger partial charge is 0.394 e. The Bertz CT molecular complexity index is 2460. The van der Waals surface area contributed by atoms with E-state index in [1.807, 2.05) is 45.2 Å². The molecule has 5 atom stereocenters. The topological polar surface area (TPSA) is 301 Å². The first-order valence-corrected chi connectivity index (χ1v) is 25.1. The van der Waals surface area contributed by atoms with Gasteiger partial charge in [-0.2, -0.15) is 15.0 Å². The summed E-state index contributed by atoms with van der Waals surface area (Å²) in [4.78, 5) is 54.8. The summed E-state index contributed by atoms with van der Waals surface area (Å²) in [5, 5.41) is 31.2. The van der Waals surface area contributed by atoms with Gasteiger partial charge in [-0.15, -0.1) is 16.6 Å². The van der Waals surface area contributed by atoms with Crippen molar-refractivity contribution < 1.29 is 28.9 Å². The Balaban J connectivity index is 1.04. The minimum atomic E-state index is -0.700. The van der Waals surface area contributed by atoms with Gasteiger partial charge in [-0.1, -0.05) is 54.8 Å². The highest BCUT2D eigenvalue weighted by Gasteiger charge is 2.34. The lowest BCUT2D eigenvalue weighted by atomic mass is 9.98. The fourth-order valence-corrected chi connectivity index (χ4v) is 8.64. The molecule has 0 saturated carbocycles. The molecule has 2 aliphatic rings. The van der Waals surface area contributed by atoms with E-state index in [0.29, 0.717) is 141 Å². The number of nitrogens with two attached hydrogens (primary N) is 3. The van der Waals surface area contributed by atoms with Crippen molar-refractivity contribution in [3.05, 3.63) is 59.8 Å². The molecular weight excluding hydrogens is 925 g/mol. The van der Waals surface area contributed by atoms with Gasteiger partial charge in [-0.25, -0.2) is 9.36 Å². The van der Waals surface area contributed by atoms with Gasteiger partial charge in [0.2, 0.25) is 29.7 Å². The second-order valence-electron chi connectivity index (χ2n) is 18.1. The Kier molecular flexibility index (Phi) is 20.0. The van der Waals surface area contributed by atoms with Crippen LogP contribution in [0.25, 0.3) is 10.9 Å². The Morgan fingerprint density at radius 1 is 0.819 bits per heavy atom. The molecule has 2 aliphatic heterocycles. The summed E-state index contributed by atoms with van der Waals surface area (Å²) >= 11 is 0. The van der Waals surface area contributed by atoms with Gasteiger partial charge in [-0.05, 0) is 49.2 Å². The summed E-state index contributed by atoms with van der Waals surface area (Å²) in [6.07, 6.45) is 11.9. The van der Waals surface area contributed by atoms with Crippen LogP contribution in [-0.2, 0) is 30.2 Å².